The molecule has 14 nitrogen and oxygen atoms in total. The van der Waals surface area contributed by atoms with E-state index in [-0.39, 0.29) is 50.2 Å². The first-order valence-electron chi connectivity index (χ1n) is 15.4. The Morgan fingerprint density at radius 2 is 1.41 bits per heavy atom. The molecule has 0 saturated carbocycles. The zero-order valence-electron chi connectivity index (χ0n) is 30.3. The molecule has 1 rings (SSSR count). The zero-order valence-corrected chi connectivity index (χ0v) is 30.3. The van der Waals surface area contributed by atoms with Crippen LogP contribution in [0.5, 0.6) is 0 Å². The minimum Gasteiger partial charge on any atom is -0.462 e. The number of nitrogens with zero attached hydrogens (tertiary/aromatic N) is 2. The average molecular weight is 700 g/mol. The molecule has 276 valence electrons. The number of hydrogen-bond donors (Lipinski definition) is 3. The summed E-state index contributed by atoms with van der Waals surface area (Å²) in [5.41, 5.74) is 1.28. The van der Waals surface area contributed by atoms with Crippen LogP contribution in [-0.4, -0.2) is 83.9 Å². The van der Waals surface area contributed by atoms with Crippen LogP contribution in [0.4, 0.5) is 18.4 Å². The summed E-state index contributed by atoms with van der Waals surface area (Å²) in [6, 6.07) is 0. The van der Waals surface area contributed by atoms with Crippen molar-refractivity contribution in [2.24, 2.45) is 10.9 Å². The van der Waals surface area contributed by atoms with Crippen LogP contribution in [0.1, 0.15) is 85.7 Å². The number of hydrogen-bond acceptors (Lipinski definition) is 11. The molecule has 2 amide bonds. The lowest BCUT2D eigenvalue weighted by Crippen LogP contribution is -2.33. The second kappa shape index (κ2) is 23.6. The predicted molar refractivity (Wildman–Crippen MR) is 177 cm³/mol. The second-order valence-corrected chi connectivity index (χ2v) is 12.2. The third-order valence-corrected chi connectivity index (χ3v) is 5.72. The van der Waals surface area contributed by atoms with Crippen LogP contribution in [0.2, 0.25) is 0 Å². The van der Waals surface area contributed by atoms with E-state index in [0.717, 1.165) is 29.4 Å². The normalized spacial score (nSPS) is 12.6. The average Bonchev–Trinajstić information content (AvgIpc) is 3.30. The fraction of sp³-hybridized carbons (Fsp3) is 0.606. The standard InChI is InChI=1S/C17H27FN2O5.C15H24FN3O2.CO2/c1-7-24-15(22)14(19-6)13(11(2)21)10-12(18)8-9-20-16(23)25-17(3,4)5;1-6-13-12(10(2)18-19-13)9-11(16)7-8-17-14(20)21-15(3,4)5;2-1-3/h8,13H,7,9-10H2,1-6H3,(H,20,23);7H,6,8-9H2,1-5H3,(H,17,20)(H,18,19);/b12-8-,19-14?;11-7-;. The molecule has 0 radical (unpaired) electrons. The largest absolute Gasteiger partial charge is 0.462 e. The molecule has 1 unspecified atom stereocenters. The first kappa shape index (κ1) is 46.4. The van der Waals surface area contributed by atoms with Crippen molar-refractivity contribution in [1.29, 1.82) is 0 Å². The number of ether oxygens (including phenoxy) is 3. The van der Waals surface area contributed by atoms with Gasteiger partial charge in [-0.05, 0) is 80.9 Å². The quantitative estimate of drug-likeness (QED) is 0.140. The van der Waals surface area contributed by atoms with Crippen molar-refractivity contribution in [3.8, 4) is 0 Å². The molecule has 1 heterocycles. The van der Waals surface area contributed by atoms with E-state index in [1.165, 1.54) is 20.0 Å². The Bertz CT molecular complexity index is 1350. The minimum absolute atomic E-state index is 0.0963. The highest BCUT2D eigenvalue weighted by atomic mass is 19.1. The Labute approximate surface area is 286 Å². The van der Waals surface area contributed by atoms with Gasteiger partial charge in [-0.25, -0.2) is 23.2 Å². The molecule has 0 aliphatic rings. The smallest absolute Gasteiger partial charge is 0.407 e. The number of Topliss-reactive ketones (excluding diaryl/α,β-unsaturated/α-hetero) is 1. The van der Waals surface area contributed by atoms with Crippen LogP contribution < -0.4 is 10.6 Å². The van der Waals surface area contributed by atoms with Crippen LogP contribution in [0, 0.1) is 12.8 Å². The van der Waals surface area contributed by atoms with E-state index in [0.29, 0.717) is 0 Å². The van der Waals surface area contributed by atoms with Crippen LogP contribution in [0.15, 0.2) is 28.8 Å². The molecular formula is C33H51F2N5O9. The lowest BCUT2D eigenvalue weighted by Gasteiger charge is -2.19. The SMILES string of the molecule is CCOC(=O)C(=NC)C(C/C(F)=C/CNC(=O)OC(C)(C)C)C(C)=O.CCc1n[nH]c(C)c1C/C(F)=C/CNC(=O)OC(C)(C)C.O=C=O. The lowest BCUT2D eigenvalue weighted by molar-refractivity contribution is -0.191. The van der Waals surface area contributed by atoms with E-state index in [9.17, 15) is 28.0 Å². The van der Waals surface area contributed by atoms with Crippen LogP contribution >= 0.6 is 0 Å². The molecule has 0 bridgehead atoms. The number of amides is 2. The van der Waals surface area contributed by atoms with Crippen molar-refractivity contribution in [3.05, 3.63) is 40.8 Å². The number of allylic oxidation sites excluding steroid dienone is 2. The Morgan fingerprint density at radius 3 is 1.80 bits per heavy atom. The number of aliphatic imine (C=N–C) groups is 1. The Hall–Kier alpha value is -4.72. The Kier molecular flexibility index (Phi) is 22.3. The van der Waals surface area contributed by atoms with Gasteiger partial charge in [-0.2, -0.15) is 14.7 Å². The fourth-order valence-electron chi connectivity index (χ4n) is 3.70. The minimum atomic E-state index is -1.04. The number of esters is 1. The van der Waals surface area contributed by atoms with Crippen molar-refractivity contribution in [3.63, 3.8) is 0 Å². The summed E-state index contributed by atoms with van der Waals surface area (Å²) in [6.45, 7) is 17.3. The van der Waals surface area contributed by atoms with Gasteiger partial charge in [-0.3, -0.25) is 14.9 Å². The molecule has 0 aromatic carbocycles. The molecule has 1 atom stereocenters. The van der Waals surface area contributed by atoms with Gasteiger partial charge in [0.15, 0.2) is 0 Å². The number of carbonyl (C=O) groups is 4. The van der Waals surface area contributed by atoms with E-state index in [2.05, 4.69) is 25.8 Å². The molecule has 0 aliphatic heterocycles. The van der Waals surface area contributed by atoms with Gasteiger partial charge in [0.05, 0.1) is 24.0 Å². The fourth-order valence-corrected chi connectivity index (χ4v) is 3.70. The first-order valence-corrected chi connectivity index (χ1v) is 15.4. The summed E-state index contributed by atoms with van der Waals surface area (Å²) in [5.74, 6) is -3.14. The van der Waals surface area contributed by atoms with Crippen molar-refractivity contribution >= 4 is 35.8 Å². The molecule has 49 heavy (non-hydrogen) atoms. The number of carbonyl (C=O) groups excluding carboxylic acids is 6. The van der Waals surface area contributed by atoms with Gasteiger partial charge in [-0.15, -0.1) is 0 Å². The third-order valence-electron chi connectivity index (χ3n) is 5.72. The highest BCUT2D eigenvalue weighted by Gasteiger charge is 2.28. The van der Waals surface area contributed by atoms with E-state index in [1.54, 1.807) is 48.5 Å². The third kappa shape index (κ3) is 22.5. The Balaban J connectivity index is 0. The number of aromatic nitrogens is 2. The van der Waals surface area contributed by atoms with Gasteiger partial charge < -0.3 is 24.8 Å². The zero-order chi connectivity index (χ0) is 38.4. The molecule has 3 N–H and O–H groups in total. The number of halogens is 2. The van der Waals surface area contributed by atoms with Crippen molar-refractivity contribution in [1.82, 2.24) is 20.8 Å². The number of ketones is 1. The number of nitrogens with one attached hydrogen (secondary N) is 3. The van der Waals surface area contributed by atoms with Gasteiger partial charge in [0, 0.05) is 44.2 Å². The van der Waals surface area contributed by atoms with E-state index < -0.39 is 46.9 Å². The van der Waals surface area contributed by atoms with Crippen LogP contribution in [0.25, 0.3) is 0 Å². The van der Waals surface area contributed by atoms with Gasteiger partial charge in [-0.1, -0.05) is 6.92 Å². The lowest BCUT2D eigenvalue weighted by atomic mass is 9.94. The molecular weight excluding hydrogens is 648 g/mol. The maximum absolute atomic E-state index is 14.1. The summed E-state index contributed by atoms with van der Waals surface area (Å²) in [6.07, 6.45) is 2.07. The van der Waals surface area contributed by atoms with E-state index in [4.69, 9.17) is 23.8 Å². The van der Waals surface area contributed by atoms with Crippen LogP contribution in [0.3, 0.4) is 0 Å². The number of rotatable bonds is 13. The van der Waals surface area contributed by atoms with Crippen molar-refractivity contribution in [2.45, 2.75) is 99.7 Å². The Morgan fingerprint density at radius 1 is 0.939 bits per heavy atom. The molecule has 1 aromatic heterocycles. The topological polar surface area (TPSA) is 195 Å². The number of alkyl carbamates (subject to hydrolysis) is 2. The molecule has 0 aliphatic carbocycles. The summed E-state index contributed by atoms with van der Waals surface area (Å²) < 4.78 is 42.8. The summed E-state index contributed by atoms with van der Waals surface area (Å²) in [7, 11) is 1.34. The van der Waals surface area contributed by atoms with Gasteiger partial charge in [0.1, 0.15) is 28.5 Å². The van der Waals surface area contributed by atoms with E-state index in [1.807, 2.05) is 13.8 Å². The number of H-pyrrole nitrogens is 1. The maximum Gasteiger partial charge on any atom is 0.407 e. The predicted octanol–water partition coefficient (Wildman–Crippen LogP) is 5.21. The summed E-state index contributed by atoms with van der Waals surface area (Å²) >= 11 is 0. The molecule has 1 aromatic rings. The molecule has 0 saturated heterocycles. The summed E-state index contributed by atoms with van der Waals surface area (Å²) in [4.78, 5) is 66.5. The monoisotopic (exact) mass is 699 g/mol. The molecule has 16 heteroatoms. The second-order valence-electron chi connectivity index (χ2n) is 12.2. The number of aromatic amines is 1. The van der Waals surface area contributed by atoms with Gasteiger partial charge >= 0.3 is 24.3 Å². The molecule has 0 fully saturated rings. The van der Waals surface area contributed by atoms with Crippen molar-refractivity contribution in [2.75, 3.05) is 26.7 Å². The maximum atomic E-state index is 14.1. The van der Waals surface area contributed by atoms with Gasteiger partial charge in [0.2, 0.25) is 0 Å². The van der Waals surface area contributed by atoms with Gasteiger partial charge in [0.25, 0.3) is 0 Å². The number of aryl methyl sites for hydroxylation is 2. The highest BCUT2D eigenvalue weighted by molar-refractivity contribution is 6.40. The first-order chi connectivity index (χ1) is 22.7. The van der Waals surface area contributed by atoms with Crippen LogP contribution in [-0.2, 0) is 46.2 Å². The molecule has 0 spiro atoms. The van der Waals surface area contributed by atoms with E-state index >= 15 is 0 Å². The highest BCUT2D eigenvalue weighted by Crippen LogP contribution is 2.18. The summed E-state index contributed by atoms with van der Waals surface area (Å²) in [5, 5.41) is 11.9. The van der Waals surface area contributed by atoms with Crippen molar-refractivity contribution < 1.29 is 51.8 Å².